The molecule has 1 rings (SSSR count). The van der Waals surface area contributed by atoms with Gasteiger partial charge < -0.3 is 19.7 Å². The molecule has 0 unspecified atom stereocenters. The summed E-state index contributed by atoms with van der Waals surface area (Å²) in [6.07, 6.45) is -0.596. The van der Waals surface area contributed by atoms with Crippen LogP contribution in [0.2, 0.25) is 0 Å². The zero-order valence-corrected chi connectivity index (χ0v) is 7.27. The van der Waals surface area contributed by atoms with Crippen molar-refractivity contribution in [2.45, 2.75) is 38.3 Å². The molecule has 3 atom stereocenters. The molecule has 1 aliphatic rings. The van der Waals surface area contributed by atoms with Crippen molar-refractivity contribution in [1.82, 2.24) is 0 Å². The summed E-state index contributed by atoms with van der Waals surface area (Å²) in [7, 11) is 0. The number of hydrogen-bond acceptors (Lipinski definition) is 4. The Hall–Kier alpha value is -0.160. The Bertz CT molecular complexity index is 118. The van der Waals surface area contributed by atoms with Gasteiger partial charge in [0.25, 0.3) is 0 Å². The van der Waals surface area contributed by atoms with Crippen LogP contribution in [-0.2, 0) is 9.47 Å². The molecular formula is C8H16O4. The van der Waals surface area contributed by atoms with Crippen molar-refractivity contribution < 1.29 is 19.7 Å². The van der Waals surface area contributed by atoms with Gasteiger partial charge in [-0.3, -0.25) is 0 Å². The van der Waals surface area contributed by atoms with Gasteiger partial charge in [-0.25, -0.2) is 0 Å². The fourth-order valence-corrected chi connectivity index (χ4v) is 1.32. The van der Waals surface area contributed by atoms with Crippen LogP contribution in [0.4, 0.5) is 0 Å². The van der Waals surface area contributed by atoms with Gasteiger partial charge in [0.2, 0.25) is 0 Å². The lowest BCUT2D eigenvalue weighted by atomic mass is 10.1. The Morgan fingerprint density at radius 3 is 2.75 bits per heavy atom. The van der Waals surface area contributed by atoms with E-state index in [4.69, 9.17) is 14.6 Å². The molecular weight excluding hydrogens is 160 g/mol. The van der Waals surface area contributed by atoms with Crippen molar-refractivity contribution in [1.29, 1.82) is 0 Å². The van der Waals surface area contributed by atoms with Crippen LogP contribution >= 0.6 is 0 Å². The highest BCUT2D eigenvalue weighted by Gasteiger charge is 2.26. The highest BCUT2D eigenvalue weighted by atomic mass is 16.6. The zero-order chi connectivity index (χ0) is 8.97. The smallest absolute Gasteiger partial charge is 0.157 e. The molecule has 0 aromatic heterocycles. The molecule has 0 amide bonds. The maximum absolute atomic E-state index is 9.25. The summed E-state index contributed by atoms with van der Waals surface area (Å²) in [6.45, 7) is 2.98. The van der Waals surface area contributed by atoms with Gasteiger partial charge in [-0.1, -0.05) is 0 Å². The largest absolute Gasteiger partial charge is 0.393 e. The molecule has 1 aliphatic heterocycles. The van der Waals surface area contributed by atoms with E-state index in [0.29, 0.717) is 26.1 Å². The van der Waals surface area contributed by atoms with E-state index in [2.05, 4.69) is 0 Å². The molecule has 4 nitrogen and oxygen atoms in total. The predicted molar refractivity (Wildman–Crippen MR) is 42.6 cm³/mol. The first kappa shape index (κ1) is 9.92. The maximum Gasteiger partial charge on any atom is 0.157 e. The minimum atomic E-state index is -0.834. The molecule has 0 aliphatic carbocycles. The second-order valence-electron chi connectivity index (χ2n) is 3.00. The summed E-state index contributed by atoms with van der Waals surface area (Å²) in [6, 6.07) is 0. The first-order chi connectivity index (χ1) is 5.72. The molecule has 1 saturated heterocycles. The molecule has 1 heterocycles. The Morgan fingerprint density at radius 1 is 1.42 bits per heavy atom. The zero-order valence-electron chi connectivity index (χ0n) is 7.27. The summed E-state index contributed by atoms with van der Waals surface area (Å²) >= 11 is 0. The van der Waals surface area contributed by atoms with E-state index in [9.17, 15) is 5.11 Å². The molecule has 0 saturated carbocycles. The minimum Gasteiger partial charge on any atom is -0.393 e. The molecule has 4 heteroatoms. The highest BCUT2D eigenvalue weighted by molar-refractivity contribution is 4.71. The number of aliphatic hydroxyl groups is 2. The Balaban J connectivity index is 2.24. The predicted octanol–water partition coefficient (Wildman–Crippen LogP) is -0.119. The molecule has 0 bridgehead atoms. The molecule has 1 fully saturated rings. The van der Waals surface area contributed by atoms with Gasteiger partial charge in [0.15, 0.2) is 6.29 Å². The van der Waals surface area contributed by atoms with Crippen molar-refractivity contribution >= 4 is 0 Å². The number of rotatable bonds is 3. The second kappa shape index (κ2) is 4.77. The van der Waals surface area contributed by atoms with Crippen LogP contribution in [-0.4, -0.2) is 41.9 Å². The molecule has 0 radical (unpaired) electrons. The fourth-order valence-electron chi connectivity index (χ4n) is 1.32. The lowest BCUT2D eigenvalue weighted by Crippen LogP contribution is -2.37. The number of ether oxygens (including phenoxy) is 2. The molecule has 0 spiro atoms. The third kappa shape index (κ3) is 3.06. The Kier molecular flexibility index (Phi) is 3.94. The average molecular weight is 176 g/mol. The topological polar surface area (TPSA) is 58.9 Å². The van der Waals surface area contributed by atoms with Gasteiger partial charge >= 0.3 is 0 Å². The third-order valence-corrected chi connectivity index (χ3v) is 1.87. The Labute approximate surface area is 72.1 Å². The van der Waals surface area contributed by atoms with Crippen molar-refractivity contribution in [2.24, 2.45) is 0 Å². The molecule has 12 heavy (non-hydrogen) atoms. The van der Waals surface area contributed by atoms with Gasteiger partial charge in [-0.05, 0) is 6.92 Å². The van der Waals surface area contributed by atoms with Crippen LogP contribution in [0.1, 0.15) is 19.8 Å². The standard InChI is InChI=1S/C8H16O4/c1-2-11-5-7-3-6(9)4-8(10)12-7/h6-10H,2-5H2,1H3/t6-,7-,8-/m0/s1. The SMILES string of the molecule is CCOC[C@@H]1C[C@H](O)C[C@@H](O)O1. The second-order valence-corrected chi connectivity index (χ2v) is 3.00. The van der Waals surface area contributed by atoms with Gasteiger partial charge in [0.1, 0.15) is 0 Å². The van der Waals surface area contributed by atoms with Crippen LogP contribution in [0, 0.1) is 0 Å². The van der Waals surface area contributed by atoms with Gasteiger partial charge in [-0.2, -0.15) is 0 Å². The van der Waals surface area contributed by atoms with Crippen LogP contribution in [0.3, 0.4) is 0 Å². The number of aliphatic hydroxyl groups excluding tert-OH is 2. The van der Waals surface area contributed by atoms with E-state index < -0.39 is 12.4 Å². The van der Waals surface area contributed by atoms with Gasteiger partial charge in [0, 0.05) is 19.4 Å². The van der Waals surface area contributed by atoms with Crippen LogP contribution in [0.15, 0.2) is 0 Å². The Morgan fingerprint density at radius 2 is 2.17 bits per heavy atom. The van der Waals surface area contributed by atoms with Crippen LogP contribution in [0.25, 0.3) is 0 Å². The van der Waals surface area contributed by atoms with E-state index in [1.807, 2.05) is 6.92 Å². The van der Waals surface area contributed by atoms with Crippen molar-refractivity contribution in [2.75, 3.05) is 13.2 Å². The maximum atomic E-state index is 9.25. The molecule has 0 aromatic rings. The van der Waals surface area contributed by atoms with E-state index in [1.54, 1.807) is 0 Å². The van der Waals surface area contributed by atoms with Crippen molar-refractivity contribution in [3.05, 3.63) is 0 Å². The van der Waals surface area contributed by atoms with E-state index in [-0.39, 0.29) is 6.10 Å². The average Bonchev–Trinajstić information content (AvgIpc) is 1.99. The lowest BCUT2D eigenvalue weighted by molar-refractivity contribution is -0.200. The first-order valence-electron chi connectivity index (χ1n) is 4.31. The van der Waals surface area contributed by atoms with Crippen LogP contribution in [0.5, 0.6) is 0 Å². The van der Waals surface area contributed by atoms with Gasteiger partial charge in [0.05, 0.1) is 18.8 Å². The van der Waals surface area contributed by atoms with E-state index >= 15 is 0 Å². The summed E-state index contributed by atoms with van der Waals surface area (Å²) < 4.78 is 10.3. The van der Waals surface area contributed by atoms with E-state index in [0.717, 1.165) is 0 Å². The molecule has 0 aromatic carbocycles. The lowest BCUT2D eigenvalue weighted by Gasteiger charge is -2.29. The van der Waals surface area contributed by atoms with Gasteiger partial charge in [-0.15, -0.1) is 0 Å². The minimum absolute atomic E-state index is 0.163. The monoisotopic (exact) mass is 176 g/mol. The summed E-state index contributed by atoms with van der Waals surface area (Å²) in [5, 5.41) is 18.4. The third-order valence-electron chi connectivity index (χ3n) is 1.87. The van der Waals surface area contributed by atoms with Crippen LogP contribution < -0.4 is 0 Å². The molecule has 2 N–H and O–H groups in total. The molecule has 72 valence electrons. The highest BCUT2D eigenvalue weighted by Crippen LogP contribution is 2.17. The number of hydrogen-bond donors (Lipinski definition) is 2. The van der Waals surface area contributed by atoms with Crippen molar-refractivity contribution in [3.63, 3.8) is 0 Å². The summed E-state index contributed by atoms with van der Waals surface area (Å²) in [4.78, 5) is 0. The summed E-state index contributed by atoms with van der Waals surface area (Å²) in [5.74, 6) is 0. The fraction of sp³-hybridized carbons (Fsp3) is 1.00. The van der Waals surface area contributed by atoms with E-state index in [1.165, 1.54) is 0 Å². The normalized spacial score (nSPS) is 36.8. The quantitative estimate of drug-likeness (QED) is 0.629. The first-order valence-corrected chi connectivity index (χ1v) is 4.31. The van der Waals surface area contributed by atoms with Crippen molar-refractivity contribution in [3.8, 4) is 0 Å². The summed E-state index contributed by atoms with van der Waals surface area (Å²) in [5.41, 5.74) is 0.